The molecule has 7 aliphatic carbocycles. The van der Waals surface area contributed by atoms with Crippen LogP contribution >= 0.6 is 0 Å². The van der Waals surface area contributed by atoms with Crippen molar-refractivity contribution < 1.29 is 28.5 Å². The predicted octanol–water partition coefficient (Wildman–Crippen LogP) is 6.64. The van der Waals surface area contributed by atoms with E-state index in [2.05, 4.69) is 50.2 Å². The lowest BCUT2D eigenvalue weighted by Gasteiger charge is -2.85. The minimum Gasteiger partial charge on any atom is -0.496 e. The first-order valence-electron chi connectivity index (χ1n) is 16.3. The molecule has 12 atom stereocenters. The van der Waals surface area contributed by atoms with Gasteiger partial charge in [0.05, 0.1) is 39.6 Å². The standard InChI is InChI=1S/C38H38O6/c1-37-29-19-13-20(24-23(19)27(35(39)43-5)28(24)36(40)44-6)30(29)38(37,2)32-22-14-21(31(32)37)25-26(22)34(42-4)18-12-16-10-8-7-9-15(16)11-17(18)33(25)41-3/h7-12,19-24,29-32H,13-14H2,1-6H3/t19-,20+,21+,22-,23+,24-,29-,30+,31+,32-,37-,38+. The first kappa shape index (κ1) is 25.8. The Balaban J connectivity index is 1.12. The van der Waals surface area contributed by atoms with E-state index in [4.69, 9.17) is 18.9 Å². The fraction of sp³-hybridized carbons (Fsp3) is 0.526. The monoisotopic (exact) mass is 590 g/mol. The molecule has 44 heavy (non-hydrogen) atoms. The van der Waals surface area contributed by atoms with Crippen LogP contribution in [0.25, 0.3) is 21.5 Å². The molecule has 6 heteroatoms. The lowest BCUT2D eigenvalue weighted by Crippen LogP contribution is -2.81. The molecule has 7 aliphatic rings. The third-order valence-corrected chi connectivity index (χ3v) is 14.9. The van der Waals surface area contributed by atoms with Crippen molar-refractivity contribution >= 4 is 33.5 Å². The summed E-state index contributed by atoms with van der Waals surface area (Å²) in [7, 11) is 6.51. The molecule has 0 aromatic heterocycles. The number of ether oxygens (including phenoxy) is 4. The second-order valence-electron chi connectivity index (χ2n) is 15.2. The summed E-state index contributed by atoms with van der Waals surface area (Å²) in [6.45, 7) is 5.15. The summed E-state index contributed by atoms with van der Waals surface area (Å²) in [5.41, 5.74) is 4.38. The highest BCUT2D eigenvalue weighted by atomic mass is 16.5. The number of carbonyl (C=O) groups is 2. The third kappa shape index (κ3) is 2.32. The van der Waals surface area contributed by atoms with Crippen molar-refractivity contribution in [3.63, 3.8) is 0 Å². The summed E-state index contributed by atoms with van der Waals surface area (Å²) in [5, 5.41) is 4.71. The molecule has 0 N–H and O–H groups in total. The average molecular weight is 591 g/mol. The Hall–Kier alpha value is -3.54. The Labute approximate surface area is 257 Å². The van der Waals surface area contributed by atoms with Crippen LogP contribution in [0.15, 0.2) is 47.5 Å². The van der Waals surface area contributed by atoms with Gasteiger partial charge in [0.15, 0.2) is 0 Å². The molecular formula is C38H38O6. The van der Waals surface area contributed by atoms with Gasteiger partial charge in [0, 0.05) is 33.7 Å². The van der Waals surface area contributed by atoms with Crippen molar-refractivity contribution in [1.29, 1.82) is 0 Å². The minimum atomic E-state index is -0.348. The van der Waals surface area contributed by atoms with Crippen molar-refractivity contribution in [2.75, 3.05) is 28.4 Å². The molecule has 0 aliphatic heterocycles. The first-order chi connectivity index (χ1) is 21.3. The Morgan fingerprint density at radius 2 is 1.09 bits per heavy atom. The van der Waals surface area contributed by atoms with Gasteiger partial charge in [0.1, 0.15) is 11.5 Å². The van der Waals surface area contributed by atoms with Crippen molar-refractivity contribution in [1.82, 2.24) is 0 Å². The van der Waals surface area contributed by atoms with Crippen LogP contribution in [0.3, 0.4) is 0 Å². The van der Waals surface area contributed by atoms with Gasteiger partial charge in [-0.15, -0.1) is 0 Å². The van der Waals surface area contributed by atoms with Crippen molar-refractivity contribution in [2.24, 2.45) is 58.2 Å². The summed E-state index contributed by atoms with van der Waals surface area (Å²) in [5.74, 6) is 5.67. The fourth-order valence-corrected chi connectivity index (χ4v) is 14.1. The average Bonchev–Trinajstić information content (AvgIpc) is 3.77. The van der Waals surface area contributed by atoms with Crippen molar-refractivity contribution in [3.05, 3.63) is 58.7 Å². The molecule has 0 spiro atoms. The maximum absolute atomic E-state index is 13.0. The van der Waals surface area contributed by atoms with Gasteiger partial charge in [-0.3, -0.25) is 0 Å². The number of hydrogen-bond donors (Lipinski definition) is 0. The summed E-state index contributed by atoms with van der Waals surface area (Å²) in [6.07, 6.45) is 2.25. The highest BCUT2D eigenvalue weighted by Gasteiger charge is 2.91. The number of methoxy groups -OCH3 is 4. The Morgan fingerprint density at radius 1 is 0.659 bits per heavy atom. The lowest BCUT2D eigenvalue weighted by atomic mass is 9.19. The van der Waals surface area contributed by atoms with E-state index in [1.807, 2.05) is 14.2 Å². The Morgan fingerprint density at radius 3 is 1.48 bits per heavy atom. The number of fused-ring (bicyclic) bond motifs is 23. The lowest BCUT2D eigenvalue weighted by molar-refractivity contribution is -0.369. The van der Waals surface area contributed by atoms with Gasteiger partial charge >= 0.3 is 11.9 Å². The van der Waals surface area contributed by atoms with Gasteiger partial charge in [-0.25, -0.2) is 9.59 Å². The SMILES string of the molecule is COC(=O)C1=C(C(=O)OC)[C@H]2[C@H]3C[C@@H]([C@@H]12)[C@H]1[C@@H]3[C@]2(C)[C@@H]3[C@@H]([C@@H]4C[C@H]3c3c4c(OC)c4cc5ccccc5cc4c3OC)[C@]12C. The van der Waals surface area contributed by atoms with Crippen LogP contribution in [-0.2, 0) is 19.1 Å². The molecule has 5 saturated carbocycles. The van der Waals surface area contributed by atoms with Gasteiger partial charge in [0.2, 0.25) is 0 Å². The quantitative estimate of drug-likeness (QED) is 0.147. The number of hydrogen-bond acceptors (Lipinski definition) is 6. The minimum absolute atomic E-state index is 0.126. The fourth-order valence-electron chi connectivity index (χ4n) is 14.1. The van der Waals surface area contributed by atoms with Crippen LogP contribution in [0.1, 0.15) is 49.7 Å². The third-order valence-electron chi connectivity index (χ3n) is 14.9. The highest BCUT2D eigenvalue weighted by Crippen LogP contribution is 2.96. The smallest absolute Gasteiger partial charge is 0.334 e. The van der Waals surface area contributed by atoms with E-state index < -0.39 is 0 Å². The van der Waals surface area contributed by atoms with Crippen LogP contribution in [0.4, 0.5) is 0 Å². The van der Waals surface area contributed by atoms with E-state index in [0.29, 0.717) is 58.5 Å². The van der Waals surface area contributed by atoms with E-state index >= 15 is 0 Å². The summed E-state index contributed by atoms with van der Waals surface area (Å²) < 4.78 is 23.1. The van der Waals surface area contributed by atoms with E-state index in [9.17, 15) is 9.59 Å². The largest absolute Gasteiger partial charge is 0.496 e. The highest BCUT2D eigenvalue weighted by molar-refractivity contribution is 6.06. The molecule has 3 aromatic rings. The summed E-state index contributed by atoms with van der Waals surface area (Å²) in [6, 6.07) is 13.1. The number of carbonyl (C=O) groups excluding carboxylic acids is 2. The molecule has 4 bridgehead atoms. The summed E-state index contributed by atoms with van der Waals surface area (Å²) in [4.78, 5) is 26.0. The topological polar surface area (TPSA) is 71.1 Å². The van der Waals surface area contributed by atoms with Crippen LogP contribution < -0.4 is 9.47 Å². The first-order valence-corrected chi connectivity index (χ1v) is 16.3. The van der Waals surface area contributed by atoms with Crippen LogP contribution in [0.2, 0.25) is 0 Å². The van der Waals surface area contributed by atoms with Gasteiger partial charge in [0.25, 0.3) is 0 Å². The molecular weight excluding hydrogens is 552 g/mol. The number of rotatable bonds is 4. The zero-order chi connectivity index (χ0) is 30.2. The molecule has 0 radical (unpaired) electrons. The van der Waals surface area contributed by atoms with Gasteiger partial charge in [-0.05, 0) is 93.9 Å². The Bertz CT molecular complexity index is 1790. The van der Waals surface area contributed by atoms with Gasteiger partial charge < -0.3 is 18.9 Å². The van der Waals surface area contributed by atoms with E-state index in [-0.39, 0.29) is 34.6 Å². The maximum atomic E-state index is 13.0. The van der Waals surface area contributed by atoms with Gasteiger partial charge in [-0.2, -0.15) is 0 Å². The van der Waals surface area contributed by atoms with Crippen LogP contribution in [0, 0.1) is 58.2 Å². The number of esters is 2. The molecule has 0 unspecified atom stereocenters. The molecule has 3 aromatic carbocycles. The van der Waals surface area contributed by atoms with E-state index in [1.165, 1.54) is 36.1 Å². The zero-order valence-corrected chi connectivity index (χ0v) is 26.1. The van der Waals surface area contributed by atoms with Crippen molar-refractivity contribution in [2.45, 2.75) is 38.5 Å². The molecule has 0 heterocycles. The second kappa shape index (κ2) is 7.81. The molecule has 0 amide bonds. The second-order valence-corrected chi connectivity index (χ2v) is 15.2. The summed E-state index contributed by atoms with van der Waals surface area (Å²) >= 11 is 0. The number of benzene rings is 3. The van der Waals surface area contributed by atoms with Gasteiger partial charge in [-0.1, -0.05) is 38.1 Å². The molecule has 5 fully saturated rings. The molecule has 6 nitrogen and oxygen atoms in total. The molecule has 0 saturated heterocycles. The van der Waals surface area contributed by atoms with Crippen molar-refractivity contribution in [3.8, 4) is 11.5 Å². The molecule has 10 rings (SSSR count). The maximum Gasteiger partial charge on any atom is 0.334 e. The predicted molar refractivity (Wildman–Crippen MR) is 164 cm³/mol. The van der Waals surface area contributed by atoms with Crippen LogP contribution in [-0.4, -0.2) is 40.4 Å². The Kier molecular flexibility index (Phi) is 4.57. The van der Waals surface area contributed by atoms with Crippen LogP contribution in [0.5, 0.6) is 11.5 Å². The zero-order valence-electron chi connectivity index (χ0n) is 26.1. The normalized spacial score (nSPS) is 42.4. The van der Waals surface area contributed by atoms with E-state index in [0.717, 1.165) is 35.1 Å². The van der Waals surface area contributed by atoms with E-state index in [1.54, 1.807) is 0 Å². The molecule has 226 valence electrons.